The van der Waals surface area contributed by atoms with Gasteiger partial charge in [0.2, 0.25) is 23.6 Å². The van der Waals surface area contributed by atoms with Crippen molar-refractivity contribution in [2.75, 3.05) is 26.4 Å². The molecule has 3 atom stereocenters. The molecule has 4 amide bonds. The van der Waals surface area contributed by atoms with E-state index in [0.29, 0.717) is 17.7 Å². The summed E-state index contributed by atoms with van der Waals surface area (Å²) in [5, 5.41) is 16.5. The average Bonchev–Trinajstić information content (AvgIpc) is 2.82. The van der Waals surface area contributed by atoms with Gasteiger partial charge in [-0.3, -0.25) is 28.8 Å². The Kier molecular flexibility index (Phi) is 10.6. The molecular weight excluding hydrogens is 434 g/mol. The van der Waals surface area contributed by atoms with E-state index in [0.717, 1.165) is 0 Å². The molecular formula is C21H28BFN4O6. The molecule has 12 heteroatoms. The van der Waals surface area contributed by atoms with Gasteiger partial charge in [-0.1, -0.05) is 12.1 Å². The minimum Gasteiger partial charge on any atom is -0.494 e. The molecule has 0 aromatic heterocycles. The molecule has 10 nitrogen and oxygen atoms in total. The number of nitrogens with one attached hydrogen (secondary N) is 4. The number of hydrogen-bond acceptors (Lipinski definition) is 6. The molecule has 0 saturated carbocycles. The number of alkyl halides is 1. The van der Waals surface area contributed by atoms with Crippen molar-refractivity contribution in [3.63, 3.8) is 0 Å². The zero-order chi connectivity index (χ0) is 24.2. The highest BCUT2D eigenvalue weighted by molar-refractivity contribution is 6.25. The third-order valence-electron chi connectivity index (χ3n) is 5.16. The largest absolute Gasteiger partial charge is 0.494 e. The van der Waals surface area contributed by atoms with Gasteiger partial charge in [0.15, 0.2) is 0 Å². The van der Waals surface area contributed by atoms with Crippen molar-refractivity contribution >= 4 is 31.5 Å². The molecule has 0 fully saturated rings. The maximum Gasteiger partial charge on any atom is 0.246 e. The lowest BCUT2D eigenvalue weighted by molar-refractivity contribution is -0.137. The lowest BCUT2D eigenvalue weighted by Gasteiger charge is -2.25. The zero-order valence-electron chi connectivity index (χ0n) is 18.1. The Morgan fingerprint density at radius 1 is 1.18 bits per heavy atom. The van der Waals surface area contributed by atoms with E-state index in [-0.39, 0.29) is 39.0 Å². The fraction of sp³-hybridized carbons (Fsp3) is 0.524. The van der Waals surface area contributed by atoms with Crippen molar-refractivity contribution in [2.45, 2.75) is 37.5 Å². The molecule has 1 aromatic rings. The molecule has 2 bridgehead atoms. The third kappa shape index (κ3) is 8.37. The first-order chi connectivity index (χ1) is 15.8. The van der Waals surface area contributed by atoms with Crippen LogP contribution in [-0.2, 0) is 25.6 Å². The summed E-state index contributed by atoms with van der Waals surface area (Å²) in [5.41, 5.74) is 2.23. The maximum atomic E-state index is 12.8. The van der Waals surface area contributed by atoms with E-state index in [1.54, 1.807) is 24.3 Å². The number of carbonyl (C=O) groups excluding carboxylic acids is 4. The minimum absolute atomic E-state index is 0.0882. The van der Waals surface area contributed by atoms with Crippen LogP contribution in [0.2, 0.25) is 5.82 Å². The van der Waals surface area contributed by atoms with E-state index in [4.69, 9.17) is 17.8 Å². The Balaban J connectivity index is 2.16. The highest BCUT2D eigenvalue weighted by Gasteiger charge is 2.32. The number of carbonyl (C=O) groups is 4. The highest BCUT2D eigenvalue weighted by Crippen LogP contribution is 2.23. The number of hydroxylamine groups is 1. The van der Waals surface area contributed by atoms with Crippen molar-refractivity contribution in [1.82, 2.24) is 21.4 Å². The fourth-order valence-corrected chi connectivity index (χ4v) is 3.32. The fourth-order valence-electron chi connectivity index (χ4n) is 3.32. The Bertz CT molecular complexity index is 825. The van der Waals surface area contributed by atoms with Crippen molar-refractivity contribution in [3.05, 3.63) is 29.8 Å². The van der Waals surface area contributed by atoms with E-state index in [9.17, 15) is 23.6 Å². The van der Waals surface area contributed by atoms with Crippen LogP contribution in [0.1, 0.15) is 24.8 Å². The lowest BCUT2D eigenvalue weighted by atomic mass is 9.73. The van der Waals surface area contributed by atoms with E-state index in [1.807, 2.05) is 0 Å². The van der Waals surface area contributed by atoms with Gasteiger partial charge in [-0.15, -0.1) is 0 Å². The number of halogens is 1. The topological polar surface area (TPSA) is 146 Å². The summed E-state index contributed by atoms with van der Waals surface area (Å²) in [7, 11) is 5.99. The highest BCUT2D eigenvalue weighted by atomic mass is 19.1. The standard InChI is InChI=1S/C21H28BFN4O6/c22-18-15(19(29)27-32)3-1-10-33-14-6-4-13(5-7-14)11-16(26-21(18)31)20(30)25-12-17(28)24-9-2-8-23/h4-7,15-16,18,32H,1-3,8-12H2,(H,24,28)(H,25,30)(H,26,31)(H,27,29)/t15-,16-,18+/m0/s1. The summed E-state index contributed by atoms with van der Waals surface area (Å²) in [6, 6.07) is 5.85. The van der Waals surface area contributed by atoms with E-state index in [2.05, 4.69) is 16.0 Å². The molecule has 2 aliphatic rings. The maximum absolute atomic E-state index is 12.8. The molecule has 178 valence electrons. The van der Waals surface area contributed by atoms with Crippen LogP contribution in [0.4, 0.5) is 4.39 Å². The average molecular weight is 462 g/mol. The molecule has 2 heterocycles. The van der Waals surface area contributed by atoms with Crippen LogP contribution in [-0.4, -0.2) is 69.1 Å². The smallest absolute Gasteiger partial charge is 0.246 e. The number of rotatable bonds is 7. The molecule has 3 rings (SSSR count). The van der Waals surface area contributed by atoms with Crippen LogP contribution in [0, 0.1) is 5.92 Å². The summed E-state index contributed by atoms with van der Waals surface area (Å²) in [6.07, 6.45) is 0.806. The quantitative estimate of drug-likeness (QED) is 0.161. The van der Waals surface area contributed by atoms with Gasteiger partial charge < -0.3 is 20.7 Å². The first kappa shape index (κ1) is 26.1. The van der Waals surface area contributed by atoms with Gasteiger partial charge >= 0.3 is 0 Å². The van der Waals surface area contributed by atoms with Crippen LogP contribution in [0.3, 0.4) is 0 Å². The predicted octanol–water partition coefficient (Wildman–Crippen LogP) is -0.443. The summed E-state index contributed by atoms with van der Waals surface area (Å²) < 4.78 is 17.8. The summed E-state index contributed by atoms with van der Waals surface area (Å²) in [5.74, 6) is -4.50. The van der Waals surface area contributed by atoms with Gasteiger partial charge in [-0.05, 0) is 37.0 Å². The predicted molar refractivity (Wildman–Crippen MR) is 116 cm³/mol. The normalized spacial score (nSPS) is 21.2. The molecule has 0 saturated heterocycles. The van der Waals surface area contributed by atoms with Gasteiger partial charge in [0.05, 0.1) is 27.7 Å². The summed E-state index contributed by atoms with van der Waals surface area (Å²) in [4.78, 5) is 49.4. The second-order valence-corrected chi connectivity index (χ2v) is 7.62. The number of fused-ring (bicyclic) bond motifs is 11. The third-order valence-corrected chi connectivity index (χ3v) is 5.16. The van der Waals surface area contributed by atoms with Gasteiger partial charge in [-0.25, -0.2) is 5.48 Å². The first-order valence-electron chi connectivity index (χ1n) is 10.7. The minimum atomic E-state index is -1.33. The Hall–Kier alpha value is -3.15. The molecule has 2 aliphatic heterocycles. The zero-order valence-corrected chi connectivity index (χ0v) is 18.1. The van der Waals surface area contributed by atoms with Gasteiger partial charge in [0.1, 0.15) is 11.8 Å². The van der Waals surface area contributed by atoms with Crippen molar-refractivity contribution in [3.8, 4) is 5.75 Å². The van der Waals surface area contributed by atoms with Crippen molar-refractivity contribution in [2.24, 2.45) is 5.92 Å². The van der Waals surface area contributed by atoms with Crippen LogP contribution in [0.5, 0.6) is 5.75 Å². The lowest BCUT2D eigenvalue weighted by Crippen LogP contribution is -2.51. The molecule has 0 aliphatic carbocycles. The van der Waals surface area contributed by atoms with Crippen molar-refractivity contribution in [1.29, 1.82) is 0 Å². The number of ether oxygens (including phenoxy) is 1. The Labute approximate surface area is 192 Å². The number of hydrogen-bond donors (Lipinski definition) is 5. The molecule has 33 heavy (non-hydrogen) atoms. The number of benzene rings is 1. The molecule has 0 spiro atoms. The second-order valence-electron chi connectivity index (χ2n) is 7.62. The van der Waals surface area contributed by atoms with Gasteiger partial charge in [0.25, 0.3) is 0 Å². The second kappa shape index (κ2) is 13.4. The van der Waals surface area contributed by atoms with E-state index < -0.39 is 48.1 Å². The van der Waals surface area contributed by atoms with Crippen LogP contribution in [0.25, 0.3) is 0 Å². The van der Waals surface area contributed by atoms with Crippen molar-refractivity contribution < 1.29 is 33.5 Å². The molecule has 2 radical (unpaired) electrons. The van der Waals surface area contributed by atoms with Gasteiger partial charge in [-0.2, -0.15) is 0 Å². The SMILES string of the molecule is [B][C@H]1C(=O)N[C@H](C(=O)NCC(=O)NCCCF)Cc2ccc(cc2)OCCC[C@@H]1C(=O)NO. The number of amides is 4. The molecule has 1 aromatic carbocycles. The summed E-state index contributed by atoms with van der Waals surface area (Å²) >= 11 is 0. The Morgan fingerprint density at radius 3 is 2.58 bits per heavy atom. The van der Waals surface area contributed by atoms with E-state index in [1.165, 1.54) is 5.48 Å². The summed E-state index contributed by atoms with van der Waals surface area (Å²) in [6.45, 7) is -0.504. The monoisotopic (exact) mass is 462 g/mol. The first-order valence-corrected chi connectivity index (χ1v) is 10.7. The van der Waals surface area contributed by atoms with E-state index >= 15 is 0 Å². The van der Waals surface area contributed by atoms with Crippen LogP contribution < -0.4 is 26.2 Å². The Morgan fingerprint density at radius 2 is 1.91 bits per heavy atom. The van der Waals surface area contributed by atoms with Gasteiger partial charge in [0, 0.05) is 24.7 Å². The van der Waals surface area contributed by atoms with Crippen LogP contribution in [0.15, 0.2) is 24.3 Å². The molecule has 5 N–H and O–H groups in total. The molecule has 0 unspecified atom stereocenters. The van der Waals surface area contributed by atoms with Crippen LogP contribution >= 0.6 is 0 Å².